The van der Waals surface area contributed by atoms with E-state index in [1.165, 1.54) is 0 Å². The van der Waals surface area contributed by atoms with Gasteiger partial charge in [-0.25, -0.2) is 0 Å². The molecule has 0 amide bonds. The molecule has 0 bridgehead atoms. The fraction of sp³-hybridized carbons (Fsp3) is 0.350. The van der Waals surface area contributed by atoms with Crippen LogP contribution in [0.25, 0.3) is 0 Å². The highest BCUT2D eigenvalue weighted by Crippen LogP contribution is 2.70. The summed E-state index contributed by atoms with van der Waals surface area (Å²) >= 11 is 5.34. The highest BCUT2D eigenvalue weighted by atomic mass is 32.1. The summed E-state index contributed by atoms with van der Waals surface area (Å²) < 4.78 is 31.6. The Balaban J connectivity index is 2.27. The van der Waals surface area contributed by atoms with E-state index in [1.54, 1.807) is 13.8 Å². The third-order valence-electron chi connectivity index (χ3n) is 4.52. The third-order valence-corrected chi connectivity index (χ3v) is 7.38. The molecule has 1 aliphatic heterocycles. The van der Waals surface area contributed by atoms with Gasteiger partial charge in [-0.3, -0.25) is 4.57 Å². The first-order chi connectivity index (χ1) is 13.0. The summed E-state index contributed by atoms with van der Waals surface area (Å²) in [6, 6.07) is 17.3. The van der Waals surface area contributed by atoms with E-state index >= 15 is 0 Å². The molecule has 144 valence electrons. The van der Waals surface area contributed by atoms with E-state index in [2.05, 4.69) is 5.32 Å². The molecule has 2 aromatic rings. The minimum atomic E-state index is -3.72. The molecule has 0 aliphatic carbocycles. The van der Waals surface area contributed by atoms with Crippen LogP contribution >= 0.6 is 19.8 Å². The molecular formula is C20H24NO4PS. The van der Waals surface area contributed by atoms with Crippen LogP contribution in [0, 0.1) is 6.92 Å². The Kier molecular flexibility index (Phi) is 6.02. The predicted octanol–water partition coefficient (Wildman–Crippen LogP) is 5.06. The molecule has 1 fully saturated rings. The molecule has 27 heavy (non-hydrogen) atoms. The van der Waals surface area contributed by atoms with Crippen LogP contribution in [0.15, 0.2) is 54.6 Å². The van der Waals surface area contributed by atoms with E-state index in [4.69, 9.17) is 26.0 Å². The quantitative estimate of drug-likeness (QED) is 0.513. The smallest absolute Gasteiger partial charge is 0.364 e. The van der Waals surface area contributed by atoms with Crippen molar-refractivity contribution in [2.45, 2.75) is 32.2 Å². The van der Waals surface area contributed by atoms with Crippen molar-refractivity contribution >= 4 is 25.0 Å². The lowest BCUT2D eigenvalue weighted by atomic mass is 9.95. The van der Waals surface area contributed by atoms with Crippen LogP contribution in [0.2, 0.25) is 0 Å². The maximum atomic E-state index is 14.1. The summed E-state index contributed by atoms with van der Waals surface area (Å²) in [5.41, 5.74) is 2.67. The number of aryl methyl sites for hydroxylation is 1. The molecular weight excluding hydrogens is 381 g/mol. The Morgan fingerprint density at radius 1 is 1.07 bits per heavy atom. The van der Waals surface area contributed by atoms with Gasteiger partial charge in [0.15, 0.2) is 6.10 Å². The fourth-order valence-corrected chi connectivity index (χ4v) is 6.05. The van der Waals surface area contributed by atoms with Gasteiger partial charge in [0.1, 0.15) is 0 Å². The van der Waals surface area contributed by atoms with Gasteiger partial charge in [0.05, 0.1) is 13.2 Å². The van der Waals surface area contributed by atoms with Crippen LogP contribution in [-0.4, -0.2) is 18.4 Å². The van der Waals surface area contributed by atoms with Crippen LogP contribution in [0.3, 0.4) is 0 Å². The Hall–Kier alpha value is -1.72. The van der Waals surface area contributed by atoms with E-state index in [1.807, 2.05) is 61.5 Å². The van der Waals surface area contributed by atoms with Crippen molar-refractivity contribution in [2.24, 2.45) is 0 Å². The van der Waals surface area contributed by atoms with Crippen molar-refractivity contribution < 1.29 is 18.3 Å². The molecule has 3 rings (SSSR count). The molecule has 0 radical (unpaired) electrons. The van der Waals surface area contributed by atoms with Gasteiger partial charge in [0.25, 0.3) is 5.17 Å². The van der Waals surface area contributed by atoms with Crippen molar-refractivity contribution in [3.63, 3.8) is 0 Å². The SMILES string of the molecule is CCOP(=O)(OCC)[C@@]1(c2ccc(C)cc2)NC(=S)O[C@@H]1c1ccccc1. The van der Waals surface area contributed by atoms with Gasteiger partial charge in [-0.05, 0) is 44.1 Å². The third kappa shape index (κ3) is 3.55. The minimum Gasteiger partial charge on any atom is -0.459 e. The number of hydrogen-bond acceptors (Lipinski definition) is 5. The Labute approximate surface area is 165 Å². The first kappa shape index (κ1) is 20.0. The first-order valence-electron chi connectivity index (χ1n) is 8.97. The van der Waals surface area contributed by atoms with Crippen LogP contribution in [0.1, 0.15) is 36.6 Å². The molecule has 2 aromatic carbocycles. The summed E-state index contributed by atoms with van der Waals surface area (Å²) in [6.45, 7) is 6.06. The van der Waals surface area contributed by atoms with E-state index in [9.17, 15) is 4.57 Å². The number of ether oxygens (including phenoxy) is 1. The zero-order valence-corrected chi connectivity index (χ0v) is 17.4. The van der Waals surface area contributed by atoms with E-state index in [0.717, 1.165) is 16.7 Å². The van der Waals surface area contributed by atoms with E-state index in [0.29, 0.717) is 0 Å². The lowest BCUT2D eigenvalue weighted by Crippen LogP contribution is -2.43. The number of nitrogens with one attached hydrogen (secondary N) is 1. The van der Waals surface area contributed by atoms with Crippen molar-refractivity contribution in [1.82, 2.24) is 5.32 Å². The second-order valence-corrected chi connectivity index (χ2v) is 8.87. The Morgan fingerprint density at radius 3 is 2.22 bits per heavy atom. The minimum absolute atomic E-state index is 0.170. The lowest BCUT2D eigenvalue weighted by Gasteiger charge is -2.38. The topological polar surface area (TPSA) is 56.8 Å². The maximum absolute atomic E-state index is 14.1. The van der Waals surface area contributed by atoms with Gasteiger partial charge >= 0.3 is 7.60 Å². The van der Waals surface area contributed by atoms with Crippen molar-refractivity contribution in [1.29, 1.82) is 0 Å². The molecule has 7 heteroatoms. The standard InChI is InChI=1S/C20H24NO4PS/c1-4-23-26(22,24-5-2)20(17-13-11-15(3)12-14-17)18(25-19(27)21-20)16-9-7-6-8-10-16/h6-14,18H,4-5H2,1-3H3,(H,21,27)/t18-,20-/m1/s1. The summed E-state index contributed by atoms with van der Waals surface area (Å²) in [4.78, 5) is 0. The summed E-state index contributed by atoms with van der Waals surface area (Å²) in [5, 5.41) is 2.06. The molecule has 1 aliphatic rings. The van der Waals surface area contributed by atoms with Gasteiger partial charge in [-0.2, -0.15) is 0 Å². The van der Waals surface area contributed by atoms with Crippen LogP contribution < -0.4 is 5.32 Å². The van der Waals surface area contributed by atoms with Gasteiger partial charge in [0, 0.05) is 0 Å². The monoisotopic (exact) mass is 405 g/mol. The largest absolute Gasteiger partial charge is 0.459 e. The molecule has 0 saturated carbocycles. The Morgan fingerprint density at radius 2 is 1.67 bits per heavy atom. The molecule has 0 unspecified atom stereocenters. The zero-order chi connectivity index (χ0) is 19.5. The van der Waals surface area contributed by atoms with Gasteiger partial charge in [-0.15, -0.1) is 0 Å². The molecule has 5 nitrogen and oxygen atoms in total. The average Bonchev–Trinajstić information content (AvgIpc) is 3.02. The summed E-state index contributed by atoms with van der Waals surface area (Å²) in [6.07, 6.45) is -0.655. The van der Waals surface area contributed by atoms with Crippen molar-refractivity contribution in [3.8, 4) is 0 Å². The van der Waals surface area contributed by atoms with Crippen LogP contribution in [0.5, 0.6) is 0 Å². The highest BCUT2D eigenvalue weighted by molar-refractivity contribution is 7.80. The van der Waals surface area contributed by atoms with Crippen molar-refractivity contribution in [2.75, 3.05) is 13.2 Å². The molecule has 1 heterocycles. The fourth-order valence-electron chi connectivity index (χ4n) is 3.36. The average molecular weight is 405 g/mol. The van der Waals surface area contributed by atoms with Gasteiger partial charge in [0.2, 0.25) is 5.28 Å². The molecule has 2 atom stereocenters. The number of benzene rings is 2. The summed E-state index contributed by atoms with van der Waals surface area (Å²) in [7, 11) is -3.72. The molecule has 1 N–H and O–H groups in total. The first-order valence-corrected chi connectivity index (χ1v) is 10.9. The van der Waals surface area contributed by atoms with E-state index in [-0.39, 0.29) is 18.4 Å². The van der Waals surface area contributed by atoms with Gasteiger partial charge < -0.3 is 19.1 Å². The highest BCUT2D eigenvalue weighted by Gasteiger charge is 2.63. The van der Waals surface area contributed by atoms with Crippen LogP contribution in [0.4, 0.5) is 0 Å². The number of thiocarbonyl (C=S) groups is 1. The van der Waals surface area contributed by atoms with Gasteiger partial charge in [-0.1, -0.05) is 60.2 Å². The Bertz CT molecular complexity index is 833. The second-order valence-electron chi connectivity index (χ2n) is 6.29. The molecule has 0 aromatic heterocycles. The normalized spacial score (nSPS) is 22.3. The lowest BCUT2D eigenvalue weighted by molar-refractivity contribution is 0.136. The predicted molar refractivity (Wildman–Crippen MR) is 110 cm³/mol. The number of hydrogen-bond donors (Lipinski definition) is 1. The zero-order valence-electron chi connectivity index (χ0n) is 15.7. The summed E-state index contributed by atoms with van der Waals surface area (Å²) in [5.74, 6) is 0. The van der Waals surface area contributed by atoms with E-state index < -0.39 is 19.0 Å². The maximum Gasteiger partial charge on any atom is 0.364 e. The van der Waals surface area contributed by atoms with Crippen molar-refractivity contribution in [3.05, 3.63) is 71.3 Å². The molecule has 0 spiro atoms. The van der Waals surface area contributed by atoms with Crippen LogP contribution in [-0.2, 0) is 23.6 Å². The molecule has 1 saturated heterocycles. The second kappa shape index (κ2) is 8.11. The number of rotatable bonds is 7.